The minimum atomic E-state index is -1.21. The number of carbonyl (C=O) groups excluding carboxylic acids is 1. The monoisotopic (exact) mass is 312 g/mol. The van der Waals surface area contributed by atoms with E-state index in [-0.39, 0.29) is 11.1 Å². The van der Waals surface area contributed by atoms with Crippen LogP contribution >= 0.6 is 0 Å². The molecule has 0 aliphatic carbocycles. The second kappa shape index (κ2) is 10.3. The van der Waals surface area contributed by atoms with E-state index in [0.717, 1.165) is 6.42 Å². The molecule has 0 fully saturated rings. The molecule has 7 heteroatoms. The van der Waals surface area contributed by atoms with Crippen molar-refractivity contribution in [2.75, 3.05) is 13.2 Å². The van der Waals surface area contributed by atoms with Crippen molar-refractivity contribution in [3.63, 3.8) is 0 Å². The van der Waals surface area contributed by atoms with Gasteiger partial charge in [0.05, 0.1) is 17.7 Å². The molecule has 22 heavy (non-hydrogen) atoms. The number of hydrogen-bond donors (Lipinski definition) is 3. The van der Waals surface area contributed by atoms with Crippen molar-refractivity contribution in [2.24, 2.45) is 0 Å². The number of rotatable bonds is 6. The number of carboxylic acid groups (broad SMARTS) is 2. The van der Waals surface area contributed by atoms with Gasteiger partial charge < -0.3 is 20.1 Å². The number of hydrogen-bond acceptors (Lipinski definition) is 5. The number of ether oxygens (including phenoxy) is 1. The van der Waals surface area contributed by atoms with Crippen molar-refractivity contribution in [2.45, 2.75) is 26.7 Å². The van der Waals surface area contributed by atoms with Gasteiger partial charge in [-0.1, -0.05) is 26.0 Å². The first-order valence-electron chi connectivity index (χ1n) is 6.73. The summed E-state index contributed by atoms with van der Waals surface area (Å²) in [6.45, 7) is 3.57. The third-order valence-electron chi connectivity index (χ3n) is 2.57. The van der Waals surface area contributed by atoms with E-state index < -0.39 is 24.5 Å². The van der Waals surface area contributed by atoms with E-state index in [9.17, 15) is 14.4 Å². The number of aliphatic hydroxyl groups excluding tert-OH is 1. The molecule has 3 N–H and O–H groups in total. The first-order chi connectivity index (χ1) is 10.4. The fraction of sp³-hybridized carbons (Fsp3) is 0.400. The highest BCUT2D eigenvalue weighted by molar-refractivity contribution is 6.02. The van der Waals surface area contributed by atoms with Crippen LogP contribution in [0.15, 0.2) is 18.2 Å². The molecule has 0 aromatic heterocycles. The normalized spacial score (nSPS) is 9.41. The molecule has 0 unspecified atom stereocenters. The van der Waals surface area contributed by atoms with Crippen LogP contribution < -0.4 is 0 Å². The second-order valence-corrected chi connectivity index (χ2v) is 4.18. The van der Waals surface area contributed by atoms with Crippen molar-refractivity contribution in [3.8, 4) is 0 Å². The fourth-order valence-electron chi connectivity index (χ4n) is 1.59. The van der Waals surface area contributed by atoms with Gasteiger partial charge in [0.2, 0.25) is 0 Å². The molecule has 1 rings (SSSR count). The van der Waals surface area contributed by atoms with Crippen LogP contribution in [0.5, 0.6) is 0 Å². The highest BCUT2D eigenvalue weighted by atomic mass is 16.5. The minimum absolute atomic E-state index is 0.109. The average Bonchev–Trinajstić information content (AvgIpc) is 2.51. The Hall–Kier alpha value is -2.41. The van der Waals surface area contributed by atoms with E-state index in [1.165, 1.54) is 6.07 Å². The zero-order valence-electron chi connectivity index (χ0n) is 12.5. The minimum Gasteiger partial charge on any atom is -0.478 e. The number of esters is 1. The van der Waals surface area contributed by atoms with Crippen molar-refractivity contribution in [1.29, 1.82) is 0 Å². The van der Waals surface area contributed by atoms with Crippen LogP contribution in [0, 0.1) is 0 Å². The Labute approximate surface area is 128 Å². The number of aliphatic hydroxyl groups is 1. The van der Waals surface area contributed by atoms with E-state index in [0.29, 0.717) is 18.6 Å². The van der Waals surface area contributed by atoms with Crippen LogP contribution in [-0.4, -0.2) is 46.4 Å². The fourth-order valence-corrected chi connectivity index (χ4v) is 1.59. The van der Waals surface area contributed by atoms with Gasteiger partial charge in [-0.2, -0.15) is 0 Å². The first-order valence-corrected chi connectivity index (χ1v) is 6.73. The Balaban J connectivity index is 0.000000472. The lowest BCUT2D eigenvalue weighted by atomic mass is 9.99. The molecule has 0 bridgehead atoms. The first kappa shape index (κ1) is 19.6. The van der Waals surface area contributed by atoms with Gasteiger partial charge in [-0.05, 0) is 24.5 Å². The summed E-state index contributed by atoms with van der Waals surface area (Å²) in [5, 5.41) is 25.7. The molecule has 0 heterocycles. The predicted octanol–water partition coefficient (Wildman–Crippen LogP) is 1.58. The third-order valence-corrected chi connectivity index (χ3v) is 2.57. The number of aromatic carboxylic acids is 2. The van der Waals surface area contributed by atoms with Gasteiger partial charge >= 0.3 is 17.9 Å². The molecule has 0 radical (unpaired) electrons. The summed E-state index contributed by atoms with van der Waals surface area (Å²) >= 11 is 0. The summed E-state index contributed by atoms with van der Waals surface area (Å²) in [6, 6.07) is 4.47. The predicted molar refractivity (Wildman–Crippen MR) is 78.1 cm³/mol. The number of carboxylic acids is 2. The summed E-state index contributed by atoms with van der Waals surface area (Å²) in [5.74, 6) is -2.95. The van der Waals surface area contributed by atoms with Gasteiger partial charge in [-0.15, -0.1) is 0 Å². The molecule has 0 atom stereocenters. The molecule has 0 aliphatic rings. The summed E-state index contributed by atoms with van der Waals surface area (Å²) < 4.78 is 4.45. The van der Waals surface area contributed by atoms with Crippen LogP contribution in [0.3, 0.4) is 0 Å². The van der Waals surface area contributed by atoms with Crippen LogP contribution in [0.4, 0.5) is 0 Å². The van der Waals surface area contributed by atoms with E-state index in [4.69, 9.17) is 15.3 Å². The van der Waals surface area contributed by atoms with Gasteiger partial charge in [0.15, 0.2) is 0 Å². The Morgan fingerprint density at radius 1 is 1.09 bits per heavy atom. The maximum atomic E-state index is 10.8. The quantitative estimate of drug-likeness (QED) is 0.682. The Morgan fingerprint density at radius 2 is 1.73 bits per heavy atom. The Morgan fingerprint density at radius 3 is 2.14 bits per heavy atom. The highest BCUT2D eigenvalue weighted by Crippen LogP contribution is 2.15. The van der Waals surface area contributed by atoms with E-state index >= 15 is 0 Å². The molecule has 0 aliphatic heterocycles. The van der Waals surface area contributed by atoms with E-state index in [2.05, 4.69) is 4.74 Å². The smallest absolute Gasteiger partial charge is 0.336 e. The molecule has 1 aromatic carbocycles. The number of aryl methyl sites for hydroxylation is 1. The molecule has 1 aromatic rings. The maximum Gasteiger partial charge on any atom is 0.336 e. The van der Waals surface area contributed by atoms with Gasteiger partial charge in [-0.25, -0.2) is 14.4 Å². The van der Waals surface area contributed by atoms with E-state index in [1.54, 1.807) is 19.1 Å². The van der Waals surface area contributed by atoms with Crippen molar-refractivity contribution in [1.82, 2.24) is 0 Å². The lowest BCUT2D eigenvalue weighted by Crippen LogP contribution is -2.10. The lowest BCUT2D eigenvalue weighted by Gasteiger charge is -2.06. The van der Waals surface area contributed by atoms with Crippen LogP contribution in [0.2, 0.25) is 0 Å². The molecule has 7 nitrogen and oxygen atoms in total. The topological polar surface area (TPSA) is 121 Å². The molecule has 0 amide bonds. The molecule has 0 saturated carbocycles. The highest BCUT2D eigenvalue weighted by Gasteiger charge is 2.18. The molecular weight excluding hydrogens is 292 g/mol. The summed E-state index contributed by atoms with van der Waals surface area (Å²) in [6.07, 6.45) is 1.30. The third kappa shape index (κ3) is 6.36. The summed E-state index contributed by atoms with van der Waals surface area (Å²) in [5.41, 5.74) is 0.275. The van der Waals surface area contributed by atoms with Gasteiger partial charge in [0.25, 0.3) is 0 Å². The number of benzene rings is 1. The molecule has 0 spiro atoms. The Kier molecular flexibility index (Phi) is 9.20. The van der Waals surface area contributed by atoms with E-state index in [1.807, 2.05) is 6.92 Å². The van der Waals surface area contributed by atoms with Crippen molar-refractivity contribution < 1.29 is 34.4 Å². The van der Waals surface area contributed by atoms with Crippen LogP contribution in [-0.2, 0) is 16.0 Å². The largest absolute Gasteiger partial charge is 0.478 e. The average molecular weight is 312 g/mol. The maximum absolute atomic E-state index is 10.8. The second-order valence-electron chi connectivity index (χ2n) is 4.18. The van der Waals surface area contributed by atoms with Crippen LogP contribution in [0.25, 0.3) is 0 Å². The zero-order chi connectivity index (χ0) is 17.1. The van der Waals surface area contributed by atoms with Crippen molar-refractivity contribution >= 4 is 17.9 Å². The number of carbonyl (C=O) groups is 3. The molecular formula is C15H20O7. The SMILES string of the molecule is CCCOC(=O)CO.CCc1cccc(C(=O)O)c1C(=O)O. The zero-order valence-corrected chi connectivity index (χ0v) is 12.5. The van der Waals surface area contributed by atoms with Gasteiger partial charge in [-0.3, -0.25) is 0 Å². The summed E-state index contributed by atoms with van der Waals surface area (Å²) in [4.78, 5) is 31.7. The standard InChI is InChI=1S/C10H10O4.C5H10O3/c1-2-6-4-3-5-7(9(11)12)8(6)10(13)14;1-2-3-8-5(7)4-6/h3-5H,2H2,1H3,(H,11,12)(H,13,14);6H,2-4H2,1H3. The van der Waals surface area contributed by atoms with Crippen LogP contribution in [0.1, 0.15) is 46.5 Å². The summed E-state index contributed by atoms with van der Waals surface area (Å²) in [7, 11) is 0. The molecule has 0 saturated heterocycles. The molecule has 122 valence electrons. The Bertz CT molecular complexity index is 523. The van der Waals surface area contributed by atoms with Gasteiger partial charge in [0, 0.05) is 0 Å². The lowest BCUT2D eigenvalue weighted by molar-refractivity contribution is -0.146. The van der Waals surface area contributed by atoms with Gasteiger partial charge in [0.1, 0.15) is 6.61 Å². The van der Waals surface area contributed by atoms with Crippen molar-refractivity contribution in [3.05, 3.63) is 34.9 Å².